The van der Waals surface area contributed by atoms with Crippen molar-refractivity contribution in [3.63, 3.8) is 0 Å². The molecule has 2 aromatic carbocycles. The second-order valence-electron chi connectivity index (χ2n) is 4.42. The van der Waals surface area contributed by atoms with E-state index in [0.29, 0.717) is 10.6 Å². The van der Waals surface area contributed by atoms with Gasteiger partial charge in [-0.25, -0.2) is 0 Å². The molecule has 1 amide bonds. The number of ether oxygens (including phenoxy) is 1. The van der Waals surface area contributed by atoms with Crippen LogP contribution in [0.5, 0.6) is 5.75 Å². The Hall–Kier alpha value is -2.26. The molecule has 0 bridgehead atoms. The van der Waals surface area contributed by atoms with Crippen molar-refractivity contribution in [2.75, 3.05) is 12.4 Å². The molecule has 100 valence electrons. The highest BCUT2D eigenvalue weighted by Gasteiger charge is 2.26. The van der Waals surface area contributed by atoms with E-state index in [4.69, 9.17) is 16.3 Å². The quantitative estimate of drug-likeness (QED) is 0.853. The summed E-state index contributed by atoms with van der Waals surface area (Å²) in [6, 6.07) is 14.8. The van der Waals surface area contributed by atoms with Crippen LogP contribution in [-0.2, 0) is 4.79 Å². The zero-order chi connectivity index (χ0) is 14.1. The number of para-hydroxylation sites is 1. The van der Waals surface area contributed by atoms with Crippen molar-refractivity contribution >= 4 is 33.8 Å². The Balaban J connectivity index is 2.11. The highest BCUT2D eigenvalue weighted by atomic mass is 35.5. The Morgan fingerprint density at radius 2 is 1.80 bits per heavy atom. The van der Waals surface area contributed by atoms with Crippen LogP contribution in [0.2, 0.25) is 0 Å². The molecule has 0 spiro atoms. The number of nitrogens with one attached hydrogen (secondary N) is 1. The van der Waals surface area contributed by atoms with Crippen LogP contribution in [0.4, 0.5) is 5.69 Å². The van der Waals surface area contributed by atoms with Gasteiger partial charge in [-0.1, -0.05) is 29.8 Å². The minimum atomic E-state index is -0.174. The maximum absolute atomic E-state index is 12.1. The number of halogens is 1. The highest BCUT2D eigenvalue weighted by Crippen LogP contribution is 2.38. The smallest absolute Gasteiger partial charge is 0.257 e. The van der Waals surface area contributed by atoms with Gasteiger partial charge in [0.05, 0.1) is 17.7 Å². The Morgan fingerprint density at radius 3 is 2.50 bits per heavy atom. The van der Waals surface area contributed by atoms with Crippen molar-refractivity contribution in [1.29, 1.82) is 0 Å². The summed E-state index contributed by atoms with van der Waals surface area (Å²) in [7, 11) is 1.61. The van der Waals surface area contributed by atoms with Crippen LogP contribution in [-0.4, -0.2) is 13.0 Å². The maximum Gasteiger partial charge on any atom is 0.257 e. The summed E-state index contributed by atoms with van der Waals surface area (Å²) in [4.78, 5) is 12.1. The van der Waals surface area contributed by atoms with Crippen molar-refractivity contribution in [2.45, 2.75) is 0 Å². The summed E-state index contributed by atoms with van der Waals surface area (Å²) >= 11 is 6.41. The summed E-state index contributed by atoms with van der Waals surface area (Å²) in [5.74, 6) is 0.575. The number of benzene rings is 2. The molecule has 1 heterocycles. The van der Waals surface area contributed by atoms with Crippen LogP contribution in [0.25, 0.3) is 10.6 Å². The molecule has 1 aliphatic rings. The summed E-state index contributed by atoms with van der Waals surface area (Å²) in [6.45, 7) is 0. The molecule has 0 aromatic heterocycles. The molecule has 20 heavy (non-hydrogen) atoms. The molecular formula is C16H12ClNO2. The summed E-state index contributed by atoms with van der Waals surface area (Å²) < 4.78 is 5.11. The third-order valence-corrected chi connectivity index (χ3v) is 3.64. The Labute approximate surface area is 121 Å². The van der Waals surface area contributed by atoms with Gasteiger partial charge in [-0.3, -0.25) is 4.79 Å². The minimum absolute atomic E-state index is 0.174. The number of rotatable bonds is 2. The zero-order valence-electron chi connectivity index (χ0n) is 10.8. The van der Waals surface area contributed by atoms with Gasteiger partial charge in [-0.2, -0.15) is 0 Å². The zero-order valence-corrected chi connectivity index (χ0v) is 11.6. The fraction of sp³-hybridized carbons (Fsp3) is 0.0625. The third-order valence-electron chi connectivity index (χ3n) is 3.23. The number of carbonyl (C=O) groups is 1. The number of methoxy groups -OCH3 is 1. The first kappa shape index (κ1) is 12.8. The molecule has 1 N–H and O–H groups in total. The third kappa shape index (κ3) is 2.06. The highest BCUT2D eigenvalue weighted by molar-refractivity contribution is 6.59. The first-order chi connectivity index (χ1) is 9.70. The van der Waals surface area contributed by atoms with Crippen LogP contribution in [0, 0.1) is 0 Å². The SMILES string of the molecule is COc1ccc(/C(Cl)=C2\C(=O)Nc3ccccc32)cc1. The fourth-order valence-electron chi connectivity index (χ4n) is 2.22. The lowest BCUT2D eigenvalue weighted by Gasteiger charge is -2.05. The molecule has 0 saturated carbocycles. The first-order valence-electron chi connectivity index (χ1n) is 6.15. The maximum atomic E-state index is 12.1. The molecule has 0 unspecified atom stereocenters. The second kappa shape index (κ2) is 5.02. The number of fused-ring (bicyclic) bond motifs is 1. The summed E-state index contributed by atoms with van der Waals surface area (Å²) in [6.07, 6.45) is 0. The topological polar surface area (TPSA) is 38.3 Å². The standard InChI is InChI=1S/C16H12ClNO2/c1-20-11-8-6-10(7-9-11)15(17)14-12-4-2-3-5-13(12)18-16(14)19/h2-9H,1H3,(H,18,19)/b15-14+. The van der Waals surface area contributed by atoms with Gasteiger partial charge in [0.15, 0.2) is 0 Å². The lowest BCUT2D eigenvalue weighted by atomic mass is 10.0. The molecule has 0 saturated heterocycles. The monoisotopic (exact) mass is 285 g/mol. The molecule has 0 aliphatic carbocycles. The van der Waals surface area contributed by atoms with Gasteiger partial charge in [0.1, 0.15) is 5.75 Å². The molecule has 0 fully saturated rings. The second-order valence-corrected chi connectivity index (χ2v) is 4.80. The van der Waals surface area contributed by atoms with Gasteiger partial charge in [0, 0.05) is 11.3 Å². The molecule has 1 aliphatic heterocycles. The number of hydrogen-bond donors (Lipinski definition) is 1. The van der Waals surface area contributed by atoms with Crippen LogP contribution >= 0.6 is 11.6 Å². The van der Waals surface area contributed by atoms with Crippen LogP contribution in [0.1, 0.15) is 11.1 Å². The predicted octanol–water partition coefficient (Wildman–Crippen LogP) is 3.75. The van der Waals surface area contributed by atoms with Crippen molar-refractivity contribution in [3.05, 3.63) is 59.7 Å². The molecule has 0 radical (unpaired) electrons. The molecular weight excluding hydrogens is 274 g/mol. The van der Waals surface area contributed by atoms with E-state index in [1.807, 2.05) is 48.5 Å². The molecule has 2 aromatic rings. The van der Waals surface area contributed by atoms with Gasteiger partial charge < -0.3 is 10.1 Å². The largest absolute Gasteiger partial charge is 0.497 e. The van der Waals surface area contributed by atoms with E-state index in [2.05, 4.69) is 5.32 Å². The average molecular weight is 286 g/mol. The number of amides is 1. The summed E-state index contributed by atoms with van der Waals surface area (Å²) in [5.41, 5.74) is 2.92. The van der Waals surface area contributed by atoms with E-state index < -0.39 is 0 Å². The minimum Gasteiger partial charge on any atom is -0.497 e. The van der Waals surface area contributed by atoms with Crippen molar-refractivity contribution in [3.8, 4) is 5.75 Å². The number of anilines is 1. The lowest BCUT2D eigenvalue weighted by molar-refractivity contribution is -0.110. The van der Waals surface area contributed by atoms with Crippen LogP contribution in [0.3, 0.4) is 0 Å². The first-order valence-corrected chi connectivity index (χ1v) is 6.53. The van der Waals surface area contributed by atoms with Crippen molar-refractivity contribution in [2.24, 2.45) is 0 Å². The number of hydrogen-bond acceptors (Lipinski definition) is 2. The lowest BCUT2D eigenvalue weighted by Crippen LogP contribution is -2.04. The molecule has 3 rings (SSSR count). The normalized spacial score (nSPS) is 15.6. The Morgan fingerprint density at radius 1 is 1.10 bits per heavy atom. The van der Waals surface area contributed by atoms with Gasteiger partial charge >= 0.3 is 0 Å². The molecule has 0 atom stereocenters. The Bertz CT molecular complexity index is 705. The van der Waals surface area contributed by atoms with E-state index in [1.54, 1.807) is 7.11 Å². The van der Waals surface area contributed by atoms with Gasteiger partial charge in [0.25, 0.3) is 5.91 Å². The average Bonchev–Trinajstić information content (AvgIpc) is 2.82. The van der Waals surface area contributed by atoms with E-state index in [9.17, 15) is 4.79 Å². The predicted molar refractivity (Wildman–Crippen MR) is 80.7 cm³/mol. The molecule has 3 nitrogen and oxygen atoms in total. The fourth-order valence-corrected chi connectivity index (χ4v) is 2.53. The summed E-state index contributed by atoms with van der Waals surface area (Å²) in [5, 5.41) is 3.25. The van der Waals surface area contributed by atoms with Crippen molar-refractivity contribution < 1.29 is 9.53 Å². The van der Waals surface area contributed by atoms with Gasteiger partial charge in [-0.05, 0) is 35.9 Å². The van der Waals surface area contributed by atoms with E-state index in [1.165, 1.54) is 0 Å². The molecule has 4 heteroatoms. The number of carbonyl (C=O) groups excluding carboxylic acids is 1. The van der Waals surface area contributed by atoms with Crippen LogP contribution in [0.15, 0.2) is 48.5 Å². The van der Waals surface area contributed by atoms with Crippen molar-refractivity contribution in [1.82, 2.24) is 0 Å². The Kier molecular flexibility index (Phi) is 3.20. The van der Waals surface area contributed by atoms with E-state index in [0.717, 1.165) is 22.6 Å². The van der Waals surface area contributed by atoms with E-state index >= 15 is 0 Å². The van der Waals surface area contributed by atoms with Gasteiger partial charge in [0.2, 0.25) is 0 Å². The van der Waals surface area contributed by atoms with Crippen LogP contribution < -0.4 is 10.1 Å². The van der Waals surface area contributed by atoms with E-state index in [-0.39, 0.29) is 5.91 Å². The van der Waals surface area contributed by atoms with Gasteiger partial charge in [-0.15, -0.1) is 0 Å².